The maximum absolute atomic E-state index is 6.87. The molecule has 0 aliphatic rings. The Bertz CT molecular complexity index is 3130. The van der Waals surface area contributed by atoms with Gasteiger partial charge in [0.1, 0.15) is 11.2 Å². The molecule has 0 N–H and O–H groups in total. The molecule has 0 unspecified atom stereocenters. The minimum Gasteiger partial charge on any atom is -0.455 e. The van der Waals surface area contributed by atoms with Gasteiger partial charge in [0.2, 0.25) is 0 Å². The van der Waals surface area contributed by atoms with Crippen LogP contribution in [0.5, 0.6) is 0 Å². The lowest BCUT2D eigenvalue weighted by Crippen LogP contribution is -2.01. The van der Waals surface area contributed by atoms with E-state index in [4.69, 9.17) is 19.4 Å². The van der Waals surface area contributed by atoms with Gasteiger partial charge in [0.25, 0.3) is 0 Å². The second-order valence-electron chi connectivity index (χ2n) is 13.9. The first-order chi connectivity index (χ1) is 27.3. The molecular formula is C51H31N3O. The maximum atomic E-state index is 6.87. The molecule has 0 aliphatic heterocycles. The maximum Gasteiger partial charge on any atom is 0.165 e. The van der Waals surface area contributed by atoms with Crippen LogP contribution in [0.4, 0.5) is 0 Å². The molecule has 11 aromatic rings. The molecule has 9 aromatic carbocycles. The third-order valence-corrected chi connectivity index (χ3v) is 10.7. The van der Waals surface area contributed by atoms with E-state index >= 15 is 0 Å². The molecule has 55 heavy (non-hydrogen) atoms. The van der Waals surface area contributed by atoms with Gasteiger partial charge in [0, 0.05) is 38.4 Å². The molecule has 0 radical (unpaired) electrons. The summed E-state index contributed by atoms with van der Waals surface area (Å²) in [5.74, 6) is 1.92. The summed E-state index contributed by atoms with van der Waals surface area (Å²) in [7, 11) is 0. The summed E-state index contributed by atoms with van der Waals surface area (Å²) < 4.78 is 6.87. The van der Waals surface area contributed by atoms with E-state index in [1.165, 1.54) is 5.56 Å². The third kappa shape index (κ3) is 5.03. The fourth-order valence-corrected chi connectivity index (χ4v) is 8.25. The van der Waals surface area contributed by atoms with Gasteiger partial charge in [-0.3, -0.25) is 0 Å². The number of hydrogen-bond acceptors (Lipinski definition) is 4. The first-order valence-corrected chi connectivity index (χ1v) is 18.5. The van der Waals surface area contributed by atoms with Crippen LogP contribution in [0.15, 0.2) is 192 Å². The van der Waals surface area contributed by atoms with Crippen LogP contribution < -0.4 is 0 Å². The molecule has 0 amide bonds. The molecular weight excluding hydrogens is 671 g/mol. The second kappa shape index (κ2) is 12.6. The molecule has 0 bridgehead atoms. The Kier molecular flexibility index (Phi) is 7.14. The van der Waals surface area contributed by atoms with Gasteiger partial charge in [-0.25, -0.2) is 15.0 Å². The van der Waals surface area contributed by atoms with Crippen molar-refractivity contribution >= 4 is 54.3 Å². The van der Waals surface area contributed by atoms with Crippen molar-refractivity contribution in [2.45, 2.75) is 0 Å². The molecule has 256 valence electrons. The average Bonchev–Trinajstić information content (AvgIpc) is 3.65. The molecule has 0 spiro atoms. The minimum absolute atomic E-state index is 0.639. The Hall–Kier alpha value is -7.43. The van der Waals surface area contributed by atoms with E-state index in [0.717, 1.165) is 87.6 Å². The highest BCUT2D eigenvalue weighted by Crippen LogP contribution is 2.48. The van der Waals surface area contributed by atoms with E-state index in [2.05, 4.69) is 146 Å². The van der Waals surface area contributed by atoms with Gasteiger partial charge in [-0.05, 0) is 49.7 Å². The Morgan fingerprint density at radius 3 is 1.25 bits per heavy atom. The van der Waals surface area contributed by atoms with Gasteiger partial charge in [-0.1, -0.05) is 182 Å². The van der Waals surface area contributed by atoms with Crippen LogP contribution in [0.1, 0.15) is 0 Å². The molecule has 0 saturated carbocycles. The molecule has 4 nitrogen and oxygen atoms in total. The van der Waals surface area contributed by atoms with E-state index in [-0.39, 0.29) is 0 Å². The number of fused-ring (bicyclic) bond motifs is 7. The molecule has 4 heteroatoms. The predicted octanol–water partition coefficient (Wildman–Crippen LogP) is 13.6. The summed E-state index contributed by atoms with van der Waals surface area (Å²) in [6, 6.07) is 65.6. The summed E-state index contributed by atoms with van der Waals surface area (Å²) in [6.07, 6.45) is 0. The number of nitrogens with zero attached hydrogens (tertiary/aromatic N) is 3. The second-order valence-corrected chi connectivity index (χ2v) is 13.9. The molecule has 0 aliphatic carbocycles. The smallest absolute Gasteiger partial charge is 0.165 e. The molecule has 0 saturated heterocycles. The van der Waals surface area contributed by atoms with Gasteiger partial charge in [-0.2, -0.15) is 0 Å². The molecule has 0 atom stereocenters. The van der Waals surface area contributed by atoms with Gasteiger partial charge in [0.15, 0.2) is 17.5 Å². The largest absolute Gasteiger partial charge is 0.455 e. The Labute approximate surface area is 317 Å². The van der Waals surface area contributed by atoms with Crippen LogP contribution in [-0.2, 0) is 0 Å². The van der Waals surface area contributed by atoms with Crippen molar-refractivity contribution < 1.29 is 4.42 Å². The van der Waals surface area contributed by atoms with E-state index in [0.29, 0.717) is 17.5 Å². The van der Waals surface area contributed by atoms with Crippen molar-refractivity contribution in [1.82, 2.24) is 15.0 Å². The van der Waals surface area contributed by atoms with Crippen molar-refractivity contribution in [3.05, 3.63) is 188 Å². The average molecular weight is 702 g/mol. The van der Waals surface area contributed by atoms with Gasteiger partial charge in [0.05, 0.1) is 0 Å². The summed E-state index contributed by atoms with van der Waals surface area (Å²) >= 11 is 0. The first kappa shape index (κ1) is 31.1. The van der Waals surface area contributed by atoms with Gasteiger partial charge >= 0.3 is 0 Å². The van der Waals surface area contributed by atoms with Crippen molar-refractivity contribution in [2.75, 3.05) is 0 Å². The van der Waals surface area contributed by atoms with Crippen LogP contribution in [0.25, 0.3) is 111 Å². The van der Waals surface area contributed by atoms with Crippen LogP contribution >= 0.6 is 0 Å². The zero-order valence-corrected chi connectivity index (χ0v) is 29.6. The molecule has 2 aromatic heterocycles. The standard InChI is InChI=1S/C51H31N3O/c1-4-17-32(18-5-1)35-29-16-30-42-44-31-43(36-23-10-15-28-41(36)48(44)55-47(35)42)45-37-24-11-13-26-39(37)46(40-27-14-12-25-38(40)45)51-53-49(33-19-6-2-7-20-33)52-50(54-51)34-21-8-3-9-22-34/h1-31H. The summed E-state index contributed by atoms with van der Waals surface area (Å²) in [4.78, 5) is 15.4. The lowest BCUT2D eigenvalue weighted by molar-refractivity contribution is 0.674. The number of rotatable bonds is 5. The van der Waals surface area contributed by atoms with Gasteiger partial charge < -0.3 is 4.42 Å². The van der Waals surface area contributed by atoms with Crippen molar-refractivity contribution in [2.24, 2.45) is 0 Å². The van der Waals surface area contributed by atoms with Gasteiger partial charge in [-0.15, -0.1) is 0 Å². The number of benzene rings is 9. The number of para-hydroxylation sites is 1. The lowest BCUT2D eigenvalue weighted by Gasteiger charge is -2.19. The monoisotopic (exact) mass is 701 g/mol. The van der Waals surface area contributed by atoms with E-state index < -0.39 is 0 Å². The van der Waals surface area contributed by atoms with Crippen LogP contribution in [0.3, 0.4) is 0 Å². The van der Waals surface area contributed by atoms with E-state index in [9.17, 15) is 0 Å². The zero-order chi connectivity index (χ0) is 36.3. The van der Waals surface area contributed by atoms with E-state index in [1.807, 2.05) is 42.5 Å². The Morgan fingerprint density at radius 2 is 0.691 bits per heavy atom. The van der Waals surface area contributed by atoms with Crippen molar-refractivity contribution in [3.8, 4) is 56.4 Å². The Balaban J connectivity index is 1.23. The summed E-state index contributed by atoms with van der Waals surface area (Å²) in [5, 5.41) is 8.82. The SMILES string of the molecule is c1ccc(-c2nc(-c3ccccc3)nc(-c3c4ccccc4c(-c4cc5c6cccc(-c7ccccc7)c6oc5c5ccccc45)c4ccccc34)n2)cc1. The van der Waals surface area contributed by atoms with Crippen LogP contribution in [0, 0.1) is 0 Å². The topological polar surface area (TPSA) is 51.8 Å². The normalized spacial score (nSPS) is 11.6. The number of aromatic nitrogens is 3. The molecule has 2 heterocycles. The third-order valence-electron chi connectivity index (χ3n) is 10.7. The summed E-state index contributed by atoms with van der Waals surface area (Å²) in [5.41, 5.74) is 9.20. The fourth-order valence-electron chi connectivity index (χ4n) is 8.25. The quantitative estimate of drug-likeness (QED) is 0.168. The Morgan fingerprint density at radius 1 is 0.273 bits per heavy atom. The molecule has 0 fully saturated rings. The van der Waals surface area contributed by atoms with Crippen molar-refractivity contribution in [3.63, 3.8) is 0 Å². The lowest BCUT2D eigenvalue weighted by atomic mass is 9.85. The zero-order valence-electron chi connectivity index (χ0n) is 29.6. The van der Waals surface area contributed by atoms with Crippen molar-refractivity contribution in [1.29, 1.82) is 0 Å². The summed E-state index contributed by atoms with van der Waals surface area (Å²) in [6.45, 7) is 0. The van der Waals surface area contributed by atoms with Crippen LogP contribution in [0.2, 0.25) is 0 Å². The predicted molar refractivity (Wildman–Crippen MR) is 227 cm³/mol. The first-order valence-electron chi connectivity index (χ1n) is 18.5. The highest BCUT2D eigenvalue weighted by Gasteiger charge is 2.23. The molecule has 11 rings (SSSR count). The van der Waals surface area contributed by atoms with Crippen LogP contribution in [-0.4, -0.2) is 15.0 Å². The number of furan rings is 1. The minimum atomic E-state index is 0.639. The number of hydrogen-bond donors (Lipinski definition) is 0. The fraction of sp³-hybridized carbons (Fsp3) is 0. The highest BCUT2D eigenvalue weighted by atomic mass is 16.3. The highest BCUT2D eigenvalue weighted by molar-refractivity contribution is 6.27. The van der Waals surface area contributed by atoms with E-state index in [1.54, 1.807) is 0 Å².